The van der Waals surface area contributed by atoms with Gasteiger partial charge in [0, 0.05) is 47.9 Å². The van der Waals surface area contributed by atoms with Crippen LogP contribution in [-0.2, 0) is 40.1 Å². The van der Waals surface area contributed by atoms with Crippen LogP contribution in [0.1, 0.15) is 52.5 Å². The van der Waals surface area contributed by atoms with E-state index >= 15 is 0 Å². The fourth-order valence-corrected chi connectivity index (χ4v) is 6.66. The molecule has 1 unspecified atom stereocenters. The third-order valence-electron chi connectivity index (χ3n) is 8.81. The first-order chi connectivity index (χ1) is 23.3. The molecular formula is C33H29ClF4N6O5. The van der Waals surface area contributed by atoms with E-state index in [1.54, 1.807) is 17.0 Å². The standard InChI is InChI=1S/C32H27ClF4N6O3.CH2O2/c1-2-20-9-23-22(28-24(33)8-18(11-38-28)32(35,36)37)10-26(41-14-19(34)15-41)39-29(23)42(20)12-16-3-4-21-17(7-16)13-43(31(21)46)25-5-6-27(44)40-30(25)45;2-1-3/h3-4,7-11,19,25H,2,5-6,12-15H2,1H3,(H,40,44,45);1H,(H,2,3). The van der Waals surface area contributed by atoms with Crippen molar-refractivity contribution in [2.75, 3.05) is 18.0 Å². The lowest BCUT2D eigenvalue weighted by atomic mass is 10.0. The van der Waals surface area contributed by atoms with Gasteiger partial charge in [0.15, 0.2) is 0 Å². The monoisotopic (exact) mass is 700 g/mol. The van der Waals surface area contributed by atoms with E-state index in [-0.39, 0.29) is 61.5 Å². The summed E-state index contributed by atoms with van der Waals surface area (Å²) < 4.78 is 56.0. The quantitative estimate of drug-likeness (QED) is 0.163. The maximum Gasteiger partial charge on any atom is 0.417 e. The Morgan fingerprint density at radius 2 is 1.84 bits per heavy atom. The first-order valence-corrected chi connectivity index (χ1v) is 15.7. The predicted molar refractivity (Wildman–Crippen MR) is 170 cm³/mol. The molecule has 6 heterocycles. The molecule has 2 N–H and O–H groups in total. The Balaban J connectivity index is 0.00000134. The lowest BCUT2D eigenvalue weighted by Gasteiger charge is -2.35. The molecular weight excluding hydrogens is 672 g/mol. The number of aromatic nitrogens is 3. The van der Waals surface area contributed by atoms with Gasteiger partial charge in [0.05, 0.1) is 29.4 Å². The molecule has 16 heteroatoms. The predicted octanol–water partition coefficient (Wildman–Crippen LogP) is 5.00. The molecule has 1 aromatic carbocycles. The molecule has 256 valence electrons. The first kappa shape index (κ1) is 33.8. The Hall–Kier alpha value is -5.05. The molecule has 0 aliphatic carbocycles. The van der Waals surface area contributed by atoms with E-state index in [2.05, 4.69) is 10.3 Å². The lowest BCUT2D eigenvalue weighted by molar-refractivity contribution is -0.138. The Kier molecular flexibility index (Phi) is 9.05. The minimum Gasteiger partial charge on any atom is -0.483 e. The van der Waals surface area contributed by atoms with Gasteiger partial charge in [-0.3, -0.25) is 29.5 Å². The number of alkyl halides is 4. The summed E-state index contributed by atoms with van der Waals surface area (Å²) in [4.78, 5) is 57.9. The van der Waals surface area contributed by atoms with Crippen LogP contribution in [0.3, 0.4) is 0 Å². The van der Waals surface area contributed by atoms with Crippen molar-refractivity contribution in [1.29, 1.82) is 0 Å². The summed E-state index contributed by atoms with van der Waals surface area (Å²) in [5.74, 6) is -0.649. The summed E-state index contributed by atoms with van der Waals surface area (Å²) in [5.41, 5.74) is 3.20. The molecule has 0 spiro atoms. The van der Waals surface area contributed by atoms with Crippen molar-refractivity contribution in [3.8, 4) is 11.3 Å². The topological polar surface area (TPSA) is 138 Å². The van der Waals surface area contributed by atoms with Gasteiger partial charge in [-0.15, -0.1) is 0 Å². The van der Waals surface area contributed by atoms with E-state index in [4.69, 9.17) is 26.5 Å². The molecule has 3 aliphatic rings. The zero-order chi connectivity index (χ0) is 35.2. The van der Waals surface area contributed by atoms with Crippen molar-refractivity contribution >= 4 is 52.6 Å². The Labute approximate surface area is 281 Å². The van der Waals surface area contributed by atoms with E-state index in [0.717, 1.165) is 29.1 Å². The number of benzene rings is 1. The summed E-state index contributed by atoms with van der Waals surface area (Å²) in [6, 6.07) is 9.19. The smallest absolute Gasteiger partial charge is 0.417 e. The molecule has 4 aromatic rings. The second-order valence-electron chi connectivity index (χ2n) is 11.9. The number of carboxylic acid groups (broad SMARTS) is 1. The van der Waals surface area contributed by atoms with E-state index < -0.39 is 29.9 Å². The first-order valence-electron chi connectivity index (χ1n) is 15.3. The number of fused-ring (bicyclic) bond motifs is 2. The molecule has 3 aromatic heterocycles. The Morgan fingerprint density at radius 3 is 2.47 bits per heavy atom. The number of hydrogen-bond acceptors (Lipinski definition) is 7. The number of imide groups is 1. The maximum absolute atomic E-state index is 13.9. The van der Waals surface area contributed by atoms with Gasteiger partial charge in [-0.1, -0.05) is 30.7 Å². The molecule has 1 atom stereocenters. The van der Waals surface area contributed by atoms with Crippen LogP contribution < -0.4 is 10.2 Å². The summed E-state index contributed by atoms with van der Waals surface area (Å²) in [6.07, 6.45) is -3.85. The third-order valence-corrected chi connectivity index (χ3v) is 9.10. The van der Waals surface area contributed by atoms with Gasteiger partial charge in [-0.25, -0.2) is 9.37 Å². The molecule has 3 aliphatic heterocycles. The van der Waals surface area contributed by atoms with Crippen LogP contribution in [0.25, 0.3) is 22.3 Å². The minimum absolute atomic E-state index is 0.135. The van der Waals surface area contributed by atoms with E-state index in [0.29, 0.717) is 40.9 Å². The van der Waals surface area contributed by atoms with Crippen molar-refractivity contribution in [2.45, 2.75) is 57.7 Å². The Bertz CT molecular complexity index is 1990. The number of piperidine rings is 1. The molecule has 0 bridgehead atoms. The molecule has 0 saturated carbocycles. The van der Waals surface area contributed by atoms with Gasteiger partial charge in [0.25, 0.3) is 12.4 Å². The summed E-state index contributed by atoms with van der Waals surface area (Å²) in [7, 11) is 0. The second kappa shape index (κ2) is 13.1. The molecule has 7 rings (SSSR count). The molecule has 2 saturated heterocycles. The molecule has 0 radical (unpaired) electrons. The van der Waals surface area contributed by atoms with Crippen LogP contribution in [0.5, 0.6) is 0 Å². The van der Waals surface area contributed by atoms with Gasteiger partial charge in [-0.05, 0) is 48.2 Å². The number of pyridine rings is 2. The third kappa shape index (κ3) is 6.42. The van der Waals surface area contributed by atoms with Crippen molar-refractivity contribution in [1.82, 2.24) is 24.8 Å². The zero-order valence-corrected chi connectivity index (χ0v) is 26.7. The normalized spacial score (nSPS) is 17.8. The fraction of sp³-hybridized carbons (Fsp3) is 0.333. The van der Waals surface area contributed by atoms with Gasteiger partial charge in [0.1, 0.15) is 23.7 Å². The van der Waals surface area contributed by atoms with E-state index in [1.807, 2.05) is 29.7 Å². The van der Waals surface area contributed by atoms with Crippen LogP contribution in [0, 0.1) is 0 Å². The molecule has 3 amide bonds. The van der Waals surface area contributed by atoms with Crippen LogP contribution in [0.15, 0.2) is 42.6 Å². The van der Waals surface area contributed by atoms with Crippen molar-refractivity contribution in [3.05, 3.63) is 75.6 Å². The largest absolute Gasteiger partial charge is 0.483 e. The SMILES string of the molecule is CCc1cc2c(-c3ncc(C(F)(F)F)cc3Cl)cc(N3CC(F)C3)nc2n1Cc1ccc2c(c1)CN(C1CCC(=O)NC1=O)C2=O.O=CO. The van der Waals surface area contributed by atoms with Gasteiger partial charge < -0.3 is 19.5 Å². The van der Waals surface area contributed by atoms with Crippen LogP contribution in [0.4, 0.5) is 23.4 Å². The number of nitrogens with zero attached hydrogens (tertiary/aromatic N) is 5. The summed E-state index contributed by atoms with van der Waals surface area (Å²) in [5, 5.41) is 9.66. The number of aryl methyl sites for hydroxylation is 1. The fourth-order valence-electron chi connectivity index (χ4n) is 6.40. The number of halogens is 5. The number of rotatable bonds is 6. The van der Waals surface area contributed by atoms with Crippen LogP contribution in [-0.4, -0.2) is 74.0 Å². The second-order valence-corrected chi connectivity index (χ2v) is 12.3. The molecule has 49 heavy (non-hydrogen) atoms. The highest BCUT2D eigenvalue weighted by molar-refractivity contribution is 6.33. The van der Waals surface area contributed by atoms with Crippen molar-refractivity contribution in [3.63, 3.8) is 0 Å². The number of nitrogens with one attached hydrogen (secondary N) is 1. The van der Waals surface area contributed by atoms with Gasteiger partial charge in [-0.2, -0.15) is 13.2 Å². The number of hydrogen-bond donors (Lipinski definition) is 2. The summed E-state index contributed by atoms with van der Waals surface area (Å²) >= 11 is 6.40. The highest BCUT2D eigenvalue weighted by Gasteiger charge is 2.39. The van der Waals surface area contributed by atoms with Gasteiger partial charge >= 0.3 is 6.18 Å². The average Bonchev–Trinajstić information content (AvgIpc) is 3.55. The average molecular weight is 701 g/mol. The van der Waals surface area contributed by atoms with Gasteiger partial charge in [0.2, 0.25) is 11.8 Å². The lowest BCUT2D eigenvalue weighted by Crippen LogP contribution is -2.52. The van der Waals surface area contributed by atoms with Crippen molar-refractivity contribution in [2.24, 2.45) is 0 Å². The summed E-state index contributed by atoms with van der Waals surface area (Å²) in [6.45, 7) is 2.57. The molecule has 2 fully saturated rings. The highest BCUT2D eigenvalue weighted by atomic mass is 35.5. The number of carbonyl (C=O) groups is 4. The maximum atomic E-state index is 13.9. The molecule has 11 nitrogen and oxygen atoms in total. The highest BCUT2D eigenvalue weighted by Crippen LogP contribution is 2.40. The number of amides is 3. The van der Waals surface area contributed by atoms with E-state index in [1.165, 1.54) is 4.90 Å². The van der Waals surface area contributed by atoms with Crippen LogP contribution >= 0.6 is 11.6 Å². The Morgan fingerprint density at radius 1 is 1.10 bits per heavy atom. The minimum atomic E-state index is -4.61. The number of carbonyl (C=O) groups excluding carboxylic acids is 3. The zero-order valence-electron chi connectivity index (χ0n) is 25.9. The van der Waals surface area contributed by atoms with E-state index in [9.17, 15) is 31.9 Å². The van der Waals surface area contributed by atoms with Crippen molar-refractivity contribution < 1.29 is 41.8 Å². The number of anilines is 1. The van der Waals surface area contributed by atoms with Crippen LogP contribution in [0.2, 0.25) is 5.02 Å².